The SMILES string of the molecule is CCCCC(CC)COc1cc(C)ncc1CNCC. The van der Waals surface area contributed by atoms with Crippen molar-refractivity contribution >= 4 is 0 Å². The minimum atomic E-state index is 0.662. The Labute approximate surface area is 124 Å². The van der Waals surface area contributed by atoms with Crippen molar-refractivity contribution in [1.29, 1.82) is 0 Å². The Hall–Kier alpha value is -1.09. The number of aryl methyl sites for hydroxylation is 1. The summed E-state index contributed by atoms with van der Waals surface area (Å²) in [7, 11) is 0. The molecule has 0 saturated carbocycles. The van der Waals surface area contributed by atoms with Crippen molar-refractivity contribution in [2.75, 3.05) is 13.2 Å². The van der Waals surface area contributed by atoms with Crippen molar-refractivity contribution < 1.29 is 4.74 Å². The molecule has 0 saturated heterocycles. The molecule has 0 aliphatic rings. The van der Waals surface area contributed by atoms with Crippen LogP contribution in [0.1, 0.15) is 57.7 Å². The number of hydrogen-bond acceptors (Lipinski definition) is 3. The molecule has 0 aromatic carbocycles. The third kappa shape index (κ3) is 5.91. The van der Waals surface area contributed by atoms with E-state index in [0.29, 0.717) is 5.92 Å². The maximum absolute atomic E-state index is 6.09. The van der Waals surface area contributed by atoms with Gasteiger partial charge in [0, 0.05) is 30.1 Å². The van der Waals surface area contributed by atoms with Crippen LogP contribution < -0.4 is 10.1 Å². The third-order valence-electron chi connectivity index (χ3n) is 3.66. The number of rotatable bonds is 10. The van der Waals surface area contributed by atoms with Crippen molar-refractivity contribution in [3.05, 3.63) is 23.5 Å². The van der Waals surface area contributed by atoms with E-state index in [0.717, 1.165) is 36.7 Å². The number of aromatic nitrogens is 1. The zero-order chi connectivity index (χ0) is 14.8. The zero-order valence-electron chi connectivity index (χ0n) is 13.5. The maximum atomic E-state index is 6.09. The molecule has 0 bridgehead atoms. The van der Waals surface area contributed by atoms with Crippen molar-refractivity contribution in [1.82, 2.24) is 10.3 Å². The number of nitrogens with zero attached hydrogens (tertiary/aromatic N) is 1. The van der Waals surface area contributed by atoms with Gasteiger partial charge in [0.2, 0.25) is 0 Å². The van der Waals surface area contributed by atoms with Crippen LogP contribution in [0.25, 0.3) is 0 Å². The molecule has 0 amide bonds. The highest BCUT2D eigenvalue weighted by molar-refractivity contribution is 5.32. The van der Waals surface area contributed by atoms with E-state index in [4.69, 9.17) is 4.74 Å². The topological polar surface area (TPSA) is 34.1 Å². The quantitative estimate of drug-likeness (QED) is 0.700. The second kappa shape index (κ2) is 9.76. The summed E-state index contributed by atoms with van der Waals surface area (Å²) in [4.78, 5) is 4.37. The predicted octanol–water partition coefficient (Wildman–Crippen LogP) is 4.09. The molecule has 0 aliphatic heterocycles. The summed E-state index contributed by atoms with van der Waals surface area (Å²) in [6.07, 6.45) is 6.94. The fraction of sp³-hybridized carbons (Fsp3) is 0.706. The summed E-state index contributed by atoms with van der Waals surface area (Å²) < 4.78 is 6.09. The predicted molar refractivity (Wildman–Crippen MR) is 85.2 cm³/mol. The molecule has 0 spiro atoms. The van der Waals surface area contributed by atoms with E-state index in [-0.39, 0.29) is 0 Å². The Balaban J connectivity index is 2.62. The molecule has 1 rings (SSSR count). The van der Waals surface area contributed by atoms with Gasteiger partial charge in [0.15, 0.2) is 0 Å². The van der Waals surface area contributed by atoms with Crippen molar-refractivity contribution in [2.45, 2.75) is 59.9 Å². The molecule has 114 valence electrons. The van der Waals surface area contributed by atoms with Crippen molar-refractivity contribution in [3.63, 3.8) is 0 Å². The van der Waals surface area contributed by atoms with Gasteiger partial charge in [-0.15, -0.1) is 0 Å². The van der Waals surface area contributed by atoms with E-state index in [2.05, 4.69) is 37.1 Å². The Bertz CT molecular complexity index is 379. The first-order valence-electron chi connectivity index (χ1n) is 8.00. The number of pyridine rings is 1. The van der Waals surface area contributed by atoms with Crippen LogP contribution in [-0.4, -0.2) is 18.1 Å². The normalized spacial score (nSPS) is 12.4. The zero-order valence-corrected chi connectivity index (χ0v) is 13.5. The molecule has 3 nitrogen and oxygen atoms in total. The molecule has 0 aliphatic carbocycles. The molecule has 1 aromatic heterocycles. The first-order chi connectivity index (χ1) is 9.71. The van der Waals surface area contributed by atoms with Crippen LogP contribution >= 0.6 is 0 Å². The van der Waals surface area contributed by atoms with Crippen molar-refractivity contribution in [3.8, 4) is 5.75 Å². The summed E-state index contributed by atoms with van der Waals surface area (Å²) in [5.74, 6) is 1.66. The number of unbranched alkanes of at least 4 members (excludes halogenated alkanes) is 1. The monoisotopic (exact) mass is 278 g/mol. The van der Waals surface area contributed by atoms with E-state index >= 15 is 0 Å². The van der Waals surface area contributed by atoms with Gasteiger partial charge in [0.25, 0.3) is 0 Å². The first kappa shape index (κ1) is 17.0. The Morgan fingerprint density at radius 1 is 1.30 bits per heavy atom. The van der Waals surface area contributed by atoms with E-state index < -0.39 is 0 Å². The van der Waals surface area contributed by atoms with Crippen molar-refractivity contribution in [2.24, 2.45) is 5.92 Å². The average Bonchev–Trinajstić information content (AvgIpc) is 2.46. The molecule has 0 radical (unpaired) electrons. The molecular weight excluding hydrogens is 248 g/mol. The van der Waals surface area contributed by atoms with Crippen LogP contribution in [0.5, 0.6) is 5.75 Å². The van der Waals surface area contributed by atoms with Gasteiger partial charge in [-0.25, -0.2) is 0 Å². The summed E-state index contributed by atoms with van der Waals surface area (Å²) in [6, 6.07) is 2.05. The molecule has 1 atom stereocenters. The molecule has 1 aromatic rings. The summed E-state index contributed by atoms with van der Waals surface area (Å²) in [6.45, 7) is 11.2. The standard InChI is InChI=1S/C17H30N2O/c1-5-8-9-15(6-2)13-20-17-10-14(4)19-12-16(17)11-18-7-3/h10,12,15,18H,5-9,11,13H2,1-4H3. The highest BCUT2D eigenvalue weighted by Crippen LogP contribution is 2.21. The van der Waals surface area contributed by atoms with Crippen LogP contribution in [0.4, 0.5) is 0 Å². The molecule has 1 N–H and O–H groups in total. The number of ether oxygens (including phenoxy) is 1. The van der Waals surface area contributed by atoms with Crippen LogP contribution in [0.2, 0.25) is 0 Å². The Kier molecular flexibility index (Phi) is 8.28. The highest BCUT2D eigenvalue weighted by Gasteiger charge is 2.10. The van der Waals surface area contributed by atoms with Gasteiger partial charge in [-0.05, 0) is 25.8 Å². The number of hydrogen-bond donors (Lipinski definition) is 1. The summed E-state index contributed by atoms with van der Waals surface area (Å²) >= 11 is 0. The van der Waals surface area contributed by atoms with Gasteiger partial charge in [-0.2, -0.15) is 0 Å². The molecule has 3 heteroatoms. The fourth-order valence-corrected chi connectivity index (χ4v) is 2.20. The lowest BCUT2D eigenvalue weighted by Crippen LogP contribution is -2.16. The minimum Gasteiger partial charge on any atom is -0.493 e. The lowest BCUT2D eigenvalue weighted by molar-refractivity contribution is 0.231. The average molecular weight is 278 g/mol. The summed E-state index contributed by atoms with van der Waals surface area (Å²) in [5, 5.41) is 3.34. The van der Waals surface area contributed by atoms with Crippen LogP contribution in [0.15, 0.2) is 12.3 Å². The molecule has 0 fully saturated rings. The van der Waals surface area contributed by atoms with Crippen LogP contribution in [0, 0.1) is 12.8 Å². The van der Waals surface area contributed by atoms with E-state index in [1.54, 1.807) is 0 Å². The van der Waals surface area contributed by atoms with Crippen LogP contribution in [-0.2, 0) is 6.54 Å². The maximum Gasteiger partial charge on any atom is 0.127 e. The van der Waals surface area contributed by atoms with Gasteiger partial charge in [-0.3, -0.25) is 4.98 Å². The second-order valence-electron chi connectivity index (χ2n) is 5.44. The third-order valence-corrected chi connectivity index (χ3v) is 3.66. The van der Waals surface area contributed by atoms with Gasteiger partial charge in [0.05, 0.1) is 6.61 Å². The Morgan fingerprint density at radius 2 is 2.10 bits per heavy atom. The first-order valence-corrected chi connectivity index (χ1v) is 8.00. The van der Waals surface area contributed by atoms with Gasteiger partial charge >= 0.3 is 0 Å². The molecule has 20 heavy (non-hydrogen) atoms. The molecule has 1 unspecified atom stereocenters. The highest BCUT2D eigenvalue weighted by atomic mass is 16.5. The minimum absolute atomic E-state index is 0.662. The molecular formula is C17H30N2O. The molecule has 1 heterocycles. The van der Waals surface area contributed by atoms with E-state index in [1.165, 1.54) is 25.7 Å². The van der Waals surface area contributed by atoms with Gasteiger partial charge < -0.3 is 10.1 Å². The smallest absolute Gasteiger partial charge is 0.127 e. The van der Waals surface area contributed by atoms with Crippen LogP contribution in [0.3, 0.4) is 0 Å². The van der Waals surface area contributed by atoms with E-state index in [9.17, 15) is 0 Å². The largest absolute Gasteiger partial charge is 0.493 e. The Morgan fingerprint density at radius 3 is 2.75 bits per heavy atom. The number of nitrogens with one attached hydrogen (secondary N) is 1. The lowest BCUT2D eigenvalue weighted by Gasteiger charge is -2.18. The lowest BCUT2D eigenvalue weighted by atomic mass is 10.0. The van der Waals surface area contributed by atoms with Gasteiger partial charge in [-0.1, -0.05) is 40.0 Å². The fourth-order valence-electron chi connectivity index (χ4n) is 2.20. The second-order valence-corrected chi connectivity index (χ2v) is 5.44. The van der Waals surface area contributed by atoms with Gasteiger partial charge in [0.1, 0.15) is 5.75 Å². The summed E-state index contributed by atoms with van der Waals surface area (Å²) in [5.41, 5.74) is 2.17. The van der Waals surface area contributed by atoms with E-state index in [1.807, 2.05) is 13.1 Å².